The van der Waals surface area contributed by atoms with Crippen LogP contribution in [-0.2, 0) is 29.3 Å². The highest BCUT2D eigenvalue weighted by Crippen LogP contribution is 2.21. The molecule has 5 heteroatoms. The molecule has 2 aromatic carbocycles. The summed E-state index contributed by atoms with van der Waals surface area (Å²) < 4.78 is 22.5. The van der Waals surface area contributed by atoms with E-state index in [1.807, 2.05) is 12.1 Å². The highest BCUT2D eigenvalue weighted by Gasteiger charge is 2.17. The molecule has 0 aromatic heterocycles. The first-order valence-electron chi connectivity index (χ1n) is 7.94. The van der Waals surface area contributed by atoms with E-state index < -0.39 is 10.0 Å². The number of nitrogens with two attached hydrogens (primary N) is 1. The molecule has 0 aliphatic heterocycles. The third-order valence-electron chi connectivity index (χ3n) is 4.45. The Morgan fingerprint density at radius 1 is 1.04 bits per heavy atom. The van der Waals surface area contributed by atoms with E-state index in [4.69, 9.17) is 5.14 Å². The molecule has 1 atom stereocenters. The molecule has 0 bridgehead atoms. The SMILES string of the molecule is NS(=O)(=O)c1ccc(CCNC2CCc3ccccc3C2)cc1. The third kappa shape index (κ3) is 4.19. The van der Waals surface area contributed by atoms with Crippen molar-refractivity contribution in [1.29, 1.82) is 0 Å². The highest BCUT2D eigenvalue weighted by molar-refractivity contribution is 7.89. The number of hydrogen-bond acceptors (Lipinski definition) is 3. The van der Waals surface area contributed by atoms with Crippen molar-refractivity contribution in [1.82, 2.24) is 5.32 Å². The number of hydrogen-bond donors (Lipinski definition) is 2. The van der Waals surface area contributed by atoms with Gasteiger partial charge in [-0.15, -0.1) is 0 Å². The average molecular weight is 330 g/mol. The smallest absolute Gasteiger partial charge is 0.238 e. The molecule has 0 spiro atoms. The maximum absolute atomic E-state index is 11.2. The van der Waals surface area contributed by atoms with E-state index in [1.54, 1.807) is 12.1 Å². The van der Waals surface area contributed by atoms with Crippen molar-refractivity contribution in [2.75, 3.05) is 6.54 Å². The summed E-state index contributed by atoms with van der Waals surface area (Å²) in [6.45, 7) is 0.890. The van der Waals surface area contributed by atoms with Gasteiger partial charge < -0.3 is 5.32 Å². The zero-order valence-corrected chi connectivity index (χ0v) is 13.9. The van der Waals surface area contributed by atoms with Gasteiger partial charge in [0.25, 0.3) is 0 Å². The molecule has 3 rings (SSSR count). The quantitative estimate of drug-likeness (QED) is 0.881. The van der Waals surface area contributed by atoms with Crippen LogP contribution in [-0.4, -0.2) is 21.0 Å². The number of fused-ring (bicyclic) bond motifs is 1. The Morgan fingerprint density at radius 3 is 2.43 bits per heavy atom. The maximum atomic E-state index is 11.2. The van der Waals surface area contributed by atoms with Crippen LogP contribution in [0, 0.1) is 0 Å². The van der Waals surface area contributed by atoms with E-state index in [0.717, 1.165) is 31.4 Å². The molecule has 3 N–H and O–H groups in total. The monoisotopic (exact) mass is 330 g/mol. The standard InChI is InChI=1S/C18H22N2O2S/c19-23(21,22)18-9-5-14(6-10-18)11-12-20-17-8-7-15-3-1-2-4-16(15)13-17/h1-6,9-10,17,20H,7-8,11-13H2,(H2,19,21,22). The number of aryl methyl sites for hydroxylation is 1. The summed E-state index contributed by atoms with van der Waals surface area (Å²) >= 11 is 0. The van der Waals surface area contributed by atoms with Gasteiger partial charge in [-0.05, 0) is 61.1 Å². The lowest BCUT2D eigenvalue weighted by Crippen LogP contribution is -2.35. The Bertz CT molecular complexity index is 770. The minimum absolute atomic E-state index is 0.165. The van der Waals surface area contributed by atoms with Crippen LogP contribution in [0.3, 0.4) is 0 Å². The van der Waals surface area contributed by atoms with Crippen molar-refractivity contribution in [3.05, 3.63) is 65.2 Å². The van der Waals surface area contributed by atoms with E-state index in [2.05, 4.69) is 29.6 Å². The van der Waals surface area contributed by atoms with Gasteiger partial charge in [-0.3, -0.25) is 0 Å². The van der Waals surface area contributed by atoms with Gasteiger partial charge in [0.05, 0.1) is 4.90 Å². The lowest BCUT2D eigenvalue weighted by molar-refractivity contribution is 0.461. The Kier molecular flexibility index (Phi) is 4.80. The Hall–Kier alpha value is -1.69. The van der Waals surface area contributed by atoms with Crippen molar-refractivity contribution in [3.8, 4) is 0 Å². The molecular formula is C18H22N2O2S. The summed E-state index contributed by atoms with van der Waals surface area (Å²) in [7, 11) is -3.60. The molecular weight excluding hydrogens is 308 g/mol. The van der Waals surface area contributed by atoms with Gasteiger partial charge >= 0.3 is 0 Å². The lowest BCUT2D eigenvalue weighted by Gasteiger charge is -2.25. The second kappa shape index (κ2) is 6.83. The van der Waals surface area contributed by atoms with Crippen molar-refractivity contribution in [3.63, 3.8) is 0 Å². The Balaban J connectivity index is 1.51. The fraction of sp³-hybridized carbons (Fsp3) is 0.333. The van der Waals surface area contributed by atoms with Crippen LogP contribution in [0.5, 0.6) is 0 Å². The molecule has 0 fully saturated rings. The molecule has 1 unspecified atom stereocenters. The largest absolute Gasteiger partial charge is 0.313 e. The summed E-state index contributed by atoms with van der Waals surface area (Å²) in [4.78, 5) is 0.165. The van der Waals surface area contributed by atoms with Crippen LogP contribution in [0.1, 0.15) is 23.1 Å². The van der Waals surface area contributed by atoms with Gasteiger partial charge in [-0.2, -0.15) is 0 Å². The number of benzene rings is 2. The third-order valence-corrected chi connectivity index (χ3v) is 5.37. The zero-order chi connectivity index (χ0) is 16.3. The first kappa shape index (κ1) is 16.2. The van der Waals surface area contributed by atoms with Crippen LogP contribution in [0.15, 0.2) is 53.4 Å². The first-order valence-corrected chi connectivity index (χ1v) is 9.49. The van der Waals surface area contributed by atoms with E-state index >= 15 is 0 Å². The number of nitrogens with one attached hydrogen (secondary N) is 1. The van der Waals surface area contributed by atoms with Gasteiger partial charge in [-0.1, -0.05) is 36.4 Å². The van der Waals surface area contributed by atoms with Crippen LogP contribution in [0.25, 0.3) is 0 Å². The summed E-state index contributed by atoms with van der Waals surface area (Å²) in [5.74, 6) is 0. The van der Waals surface area contributed by atoms with Crippen molar-refractivity contribution in [2.24, 2.45) is 5.14 Å². The van der Waals surface area contributed by atoms with E-state index in [-0.39, 0.29) is 4.90 Å². The van der Waals surface area contributed by atoms with E-state index in [1.165, 1.54) is 17.5 Å². The van der Waals surface area contributed by atoms with E-state index in [0.29, 0.717) is 6.04 Å². The number of primary sulfonamides is 1. The van der Waals surface area contributed by atoms with Crippen LogP contribution < -0.4 is 10.5 Å². The molecule has 0 heterocycles. The Morgan fingerprint density at radius 2 is 1.74 bits per heavy atom. The average Bonchev–Trinajstić information content (AvgIpc) is 2.54. The zero-order valence-electron chi connectivity index (χ0n) is 13.0. The molecule has 1 aliphatic rings. The van der Waals surface area contributed by atoms with E-state index in [9.17, 15) is 8.42 Å². The maximum Gasteiger partial charge on any atom is 0.238 e. The van der Waals surface area contributed by atoms with Crippen LogP contribution in [0.4, 0.5) is 0 Å². The molecule has 23 heavy (non-hydrogen) atoms. The number of sulfonamides is 1. The second-order valence-corrected chi connectivity index (χ2v) is 7.66. The van der Waals surface area contributed by atoms with Gasteiger partial charge in [0.1, 0.15) is 0 Å². The fourth-order valence-corrected chi connectivity index (χ4v) is 3.65. The van der Waals surface area contributed by atoms with Gasteiger partial charge in [0.2, 0.25) is 10.0 Å². The van der Waals surface area contributed by atoms with Gasteiger partial charge in [-0.25, -0.2) is 13.6 Å². The predicted molar refractivity (Wildman–Crippen MR) is 91.8 cm³/mol. The van der Waals surface area contributed by atoms with Crippen molar-refractivity contribution >= 4 is 10.0 Å². The summed E-state index contributed by atoms with van der Waals surface area (Å²) in [6.07, 6.45) is 4.27. The summed E-state index contributed by atoms with van der Waals surface area (Å²) in [5.41, 5.74) is 4.04. The van der Waals surface area contributed by atoms with Crippen molar-refractivity contribution in [2.45, 2.75) is 36.6 Å². The molecule has 1 aliphatic carbocycles. The molecule has 0 radical (unpaired) electrons. The molecule has 0 saturated carbocycles. The molecule has 0 saturated heterocycles. The van der Waals surface area contributed by atoms with Crippen LogP contribution in [0.2, 0.25) is 0 Å². The summed E-state index contributed by atoms with van der Waals surface area (Å²) in [6, 6.07) is 16.0. The summed E-state index contributed by atoms with van der Waals surface area (Å²) in [5, 5.41) is 8.72. The van der Waals surface area contributed by atoms with Crippen LogP contribution >= 0.6 is 0 Å². The normalized spacial score (nSPS) is 17.7. The fourth-order valence-electron chi connectivity index (χ4n) is 3.14. The minimum atomic E-state index is -3.60. The highest BCUT2D eigenvalue weighted by atomic mass is 32.2. The molecule has 0 amide bonds. The van der Waals surface area contributed by atoms with Crippen molar-refractivity contribution < 1.29 is 8.42 Å². The number of rotatable bonds is 5. The topological polar surface area (TPSA) is 72.2 Å². The molecule has 122 valence electrons. The minimum Gasteiger partial charge on any atom is -0.313 e. The predicted octanol–water partition coefficient (Wildman–Crippen LogP) is 2.02. The molecule has 4 nitrogen and oxygen atoms in total. The lowest BCUT2D eigenvalue weighted by atomic mass is 9.88. The van der Waals surface area contributed by atoms with Gasteiger partial charge in [0, 0.05) is 6.04 Å². The first-order chi connectivity index (χ1) is 11.0. The second-order valence-electron chi connectivity index (χ2n) is 6.10. The Labute approximate surface area is 137 Å². The molecule has 2 aromatic rings. The van der Waals surface area contributed by atoms with Gasteiger partial charge in [0.15, 0.2) is 0 Å².